The van der Waals surface area contributed by atoms with E-state index in [0.29, 0.717) is 6.54 Å². The molecule has 0 saturated carbocycles. The van der Waals surface area contributed by atoms with Gasteiger partial charge in [0.1, 0.15) is 11.2 Å². The lowest BCUT2D eigenvalue weighted by atomic mass is 10.3. The first-order chi connectivity index (χ1) is 12.0. The van der Waals surface area contributed by atoms with Gasteiger partial charge in [0, 0.05) is 7.05 Å². The number of amides is 1. The molecule has 0 saturated heterocycles. The molecule has 1 amide bonds. The summed E-state index contributed by atoms with van der Waals surface area (Å²) in [5.41, 5.74) is 0.894. The van der Waals surface area contributed by atoms with E-state index in [9.17, 15) is 14.9 Å². The lowest BCUT2D eigenvalue weighted by Gasteiger charge is -2.15. The lowest BCUT2D eigenvalue weighted by molar-refractivity contribution is -0.390. The molecule has 9 heteroatoms. The number of nitrogens with zero attached hydrogens (tertiary/aromatic N) is 4. The molecule has 0 bridgehead atoms. The molecule has 0 aliphatic heterocycles. The van der Waals surface area contributed by atoms with Crippen molar-refractivity contribution < 1.29 is 14.5 Å². The van der Waals surface area contributed by atoms with Gasteiger partial charge in [-0.15, -0.1) is 11.3 Å². The Hall–Kier alpha value is -3.07. The normalized spacial score (nSPS) is 10.6. The molecule has 2 aromatic heterocycles. The fraction of sp³-hybridized carbons (Fsp3) is 0.188. The molecule has 0 spiro atoms. The highest BCUT2D eigenvalue weighted by Crippen LogP contribution is 2.24. The van der Waals surface area contributed by atoms with Gasteiger partial charge in [0.15, 0.2) is 6.61 Å². The number of hydrogen-bond acceptors (Lipinski definition) is 7. The molecule has 8 nitrogen and oxygen atoms in total. The highest BCUT2D eigenvalue weighted by atomic mass is 32.1. The summed E-state index contributed by atoms with van der Waals surface area (Å²) in [7, 11) is 1.63. The summed E-state index contributed by atoms with van der Waals surface area (Å²) in [4.78, 5) is 32.0. The number of pyridine rings is 1. The SMILES string of the molecule is CN(Cc1nc2ccccc2s1)C(=O)COc1cccnc1[N+](=O)[O-]. The second-order valence-electron chi connectivity index (χ2n) is 5.20. The molecule has 3 aromatic rings. The first-order valence-corrected chi connectivity index (χ1v) is 8.17. The maximum atomic E-state index is 12.2. The van der Waals surface area contributed by atoms with Crippen molar-refractivity contribution in [2.75, 3.05) is 13.7 Å². The monoisotopic (exact) mass is 358 g/mol. The first-order valence-electron chi connectivity index (χ1n) is 7.35. The summed E-state index contributed by atoms with van der Waals surface area (Å²) < 4.78 is 6.32. The van der Waals surface area contributed by atoms with Gasteiger partial charge in [0.05, 0.1) is 16.8 Å². The molecule has 0 radical (unpaired) electrons. The Morgan fingerprint density at radius 2 is 2.12 bits per heavy atom. The van der Waals surface area contributed by atoms with E-state index in [2.05, 4.69) is 9.97 Å². The molecule has 0 aliphatic rings. The third kappa shape index (κ3) is 3.89. The van der Waals surface area contributed by atoms with E-state index in [-0.39, 0.29) is 18.3 Å². The van der Waals surface area contributed by atoms with Gasteiger partial charge in [-0.05, 0) is 34.2 Å². The minimum Gasteiger partial charge on any atom is -0.476 e. The van der Waals surface area contributed by atoms with E-state index in [1.54, 1.807) is 7.05 Å². The van der Waals surface area contributed by atoms with Crippen LogP contribution < -0.4 is 4.74 Å². The smallest absolute Gasteiger partial charge is 0.406 e. The molecule has 0 atom stereocenters. The average molecular weight is 358 g/mol. The number of para-hydroxylation sites is 1. The van der Waals surface area contributed by atoms with Gasteiger partial charge < -0.3 is 19.8 Å². The molecular formula is C16H14N4O4S. The summed E-state index contributed by atoms with van der Waals surface area (Å²) in [6.07, 6.45) is 1.30. The van der Waals surface area contributed by atoms with Gasteiger partial charge in [0.2, 0.25) is 5.75 Å². The third-order valence-corrected chi connectivity index (χ3v) is 4.43. The van der Waals surface area contributed by atoms with Crippen molar-refractivity contribution in [1.29, 1.82) is 0 Å². The fourth-order valence-corrected chi connectivity index (χ4v) is 3.18. The van der Waals surface area contributed by atoms with Crippen LogP contribution >= 0.6 is 11.3 Å². The van der Waals surface area contributed by atoms with E-state index in [0.717, 1.165) is 15.2 Å². The number of carbonyl (C=O) groups excluding carboxylic acids is 1. The van der Waals surface area contributed by atoms with E-state index in [1.807, 2.05) is 24.3 Å². The Kier molecular flexibility index (Phi) is 4.85. The highest BCUT2D eigenvalue weighted by molar-refractivity contribution is 7.18. The Morgan fingerprint density at radius 3 is 2.88 bits per heavy atom. The van der Waals surface area contributed by atoms with E-state index in [1.165, 1.54) is 34.6 Å². The molecule has 0 N–H and O–H groups in total. The summed E-state index contributed by atoms with van der Waals surface area (Å²) in [5.74, 6) is -0.754. The van der Waals surface area contributed by atoms with Gasteiger partial charge >= 0.3 is 5.82 Å². The standard InChI is InChI=1S/C16H14N4O4S/c1-19(9-14-18-11-5-2-3-7-13(11)25-14)15(21)10-24-12-6-4-8-17-16(12)20(22)23/h2-8H,9-10H2,1H3. The number of carbonyl (C=O) groups is 1. The number of fused-ring (bicyclic) bond motifs is 1. The highest BCUT2D eigenvalue weighted by Gasteiger charge is 2.18. The molecule has 3 rings (SSSR count). The zero-order chi connectivity index (χ0) is 17.8. The van der Waals surface area contributed by atoms with Crippen LogP contribution in [0.2, 0.25) is 0 Å². The van der Waals surface area contributed by atoms with Crippen molar-refractivity contribution in [2.45, 2.75) is 6.54 Å². The molecule has 0 aliphatic carbocycles. The Morgan fingerprint density at radius 1 is 1.32 bits per heavy atom. The van der Waals surface area contributed by atoms with Crippen LogP contribution in [0, 0.1) is 10.1 Å². The van der Waals surface area contributed by atoms with Crippen molar-refractivity contribution >= 4 is 33.3 Å². The molecule has 2 heterocycles. The van der Waals surface area contributed by atoms with Gasteiger partial charge in [-0.2, -0.15) is 0 Å². The average Bonchev–Trinajstić information content (AvgIpc) is 3.01. The zero-order valence-corrected chi connectivity index (χ0v) is 14.1. The van der Waals surface area contributed by atoms with Crippen LogP contribution in [0.15, 0.2) is 42.6 Å². The first kappa shape index (κ1) is 16.8. The van der Waals surface area contributed by atoms with Crippen LogP contribution in [0.1, 0.15) is 5.01 Å². The maximum Gasteiger partial charge on any atom is 0.406 e. The van der Waals surface area contributed by atoms with Crippen molar-refractivity contribution in [3.05, 3.63) is 57.7 Å². The summed E-state index contributed by atoms with van der Waals surface area (Å²) >= 11 is 1.52. The maximum absolute atomic E-state index is 12.2. The Balaban J connectivity index is 1.62. The number of nitro groups is 1. The number of thiazole rings is 1. The zero-order valence-electron chi connectivity index (χ0n) is 13.3. The number of benzene rings is 1. The van der Waals surface area contributed by atoms with Crippen molar-refractivity contribution in [3.63, 3.8) is 0 Å². The van der Waals surface area contributed by atoms with Crippen molar-refractivity contribution in [1.82, 2.24) is 14.9 Å². The number of aromatic nitrogens is 2. The Bertz CT molecular complexity index is 894. The number of rotatable bonds is 6. The van der Waals surface area contributed by atoms with Crippen molar-refractivity contribution in [2.24, 2.45) is 0 Å². The van der Waals surface area contributed by atoms with Crippen LogP contribution in [0.4, 0.5) is 5.82 Å². The predicted molar refractivity (Wildman–Crippen MR) is 92.5 cm³/mol. The Labute approximate surface area is 146 Å². The molecule has 25 heavy (non-hydrogen) atoms. The van der Waals surface area contributed by atoms with Crippen LogP contribution in [0.25, 0.3) is 10.2 Å². The largest absolute Gasteiger partial charge is 0.476 e. The van der Waals surface area contributed by atoms with E-state index < -0.39 is 10.7 Å². The van der Waals surface area contributed by atoms with E-state index >= 15 is 0 Å². The summed E-state index contributed by atoms with van der Waals surface area (Å²) in [6.45, 7) is 0.0323. The molecule has 0 fully saturated rings. The van der Waals surface area contributed by atoms with Gasteiger partial charge in [-0.25, -0.2) is 4.98 Å². The van der Waals surface area contributed by atoms with Crippen LogP contribution in [-0.4, -0.2) is 39.4 Å². The van der Waals surface area contributed by atoms with Crippen molar-refractivity contribution in [3.8, 4) is 5.75 Å². The van der Waals surface area contributed by atoms with E-state index in [4.69, 9.17) is 4.74 Å². The molecule has 0 unspecified atom stereocenters. The second kappa shape index (κ2) is 7.22. The van der Waals surface area contributed by atoms with Crippen LogP contribution in [0.5, 0.6) is 5.75 Å². The molecule has 128 valence electrons. The molecular weight excluding hydrogens is 344 g/mol. The topological polar surface area (TPSA) is 98.5 Å². The van der Waals surface area contributed by atoms with Crippen LogP contribution in [0.3, 0.4) is 0 Å². The number of ether oxygens (including phenoxy) is 1. The minimum absolute atomic E-state index is 0.0331. The lowest BCUT2D eigenvalue weighted by Crippen LogP contribution is -2.31. The van der Waals surface area contributed by atoms with Gasteiger partial charge in [-0.1, -0.05) is 12.1 Å². The molecule has 1 aromatic carbocycles. The number of likely N-dealkylation sites (N-methyl/N-ethyl adjacent to an activating group) is 1. The minimum atomic E-state index is -0.648. The van der Waals surface area contributed by atoms with Crippen LogP contribution in [-0.2, 0) is 11.3 Å². The quantitative estimate of drug-likeness (QED) is 0.496. The predicted octanol–water partition coefficient (Wildman–Crippen LogP) is 2.64. The summed E-state index contributed by atoms with van der Waals surface area (Å²) in [6, 6.07) is 10.7. The fourth-order valence-electron chi connectivity index (χ4n) is 2.16. The number of hydrogen-bond donors (Lipinski definition) is 0. The second-order valence-corrected chi connectivity index (χ2v) is 6.31. The third-order valence-electron chi connectivity index (χ3n) is 3.41. The van der Waals surface area contributed by atoms with Gasteiger partial charge in [0.25, 0.3) is 5.91 Å². The summed E-state index contributed by atoms with van der Waals surface area (Å²) in [5, 5.41) is 11.7. The van der Waals surface area contributed by atoms with Gasteiger partial charge in [-0.3, -0.25) is 4.79 Å².